The molecule has 0 spiro atoms. The van der Waals surface area contributed by atoms with Gasteiger partial charge in [-0.2, -0.15) is 0 Å². The molecule has 0 saturated carbocycles. The van der Waals surface area contributed by atoms with Gasteiger partial charge >= 0.3 is 5.97 Å². The first-order valence-electron chi connectivity index (χ1n) is 8.19. The molecule has 3 rings (SSSR count). The predicted molar refractivity (Wildman–Crippen MR) is 88.6 cm³/mol. The zero-order chi connectivity index (χ0) is 17.1. The van der Waals surface area contributed by atoms with Crippen molar-refractivity contribution in [2.24, 2.45) is 0 Å². The van der Waals surface area contributed by atoms with E-state index in [1.807, 2.05) is 18.2 Å². The van der Waals surface area contributed by atoms with Crippen LogP contribution in [0.15, 0.2) is 41.0 Å². The molecule has 126 valence electrons. The fraction of sp³-hybridized carbons (Fsp3) is 0.368. The average Bonchev–Trinajstić information content (AvgIpc) is 3.01. The molecule has 0 saturated heterocycles. The fourth-order valence-corrected chi connectivity index (χ4v) is 3.04. The maximum absolute atomic E-state index is 12.4. The van der Waals surface area contributed by atoms with E-state index in [4.69, 9.17) is 9.15 Å². The third-order valence-corrected chi connectivity index (χ3v) is 4.39. The summed E-state index contributed by atoms with van der Waals surface area (Å²) in [6.45, 7) is 3.32. The Morgan fingerprint density at radius 1 is 1.29 bits per heavy atom. The van der Waals surface area contributed by atoms with Crippen molar-refractivity contribution in [3.05, 3.63) is 59.0 Å². The molecule has 1 N–H and O–H groups in total. The SMILES string of the molecule is Cc1ccoc1C(=O)OC(C)C(=O)NC1CCCc2ccccc21. The number of nitrogens with one attached hydrogen (secondary N) is 1. The number of esters is 1. The lowest BCUT2D eigenvalue weighted by atomic mass is 9.87. The van der Waals surface area contributed by atoms with Gasteiger partial charge in [0, 0.05) is 5.56 Å². The van der Waals surface area contributed by atoms with Crippen LogP contribution >= 0.6 is 0 Å². The minimum atomic E-state index is -0.879. The Balaban J connectivity index is 1.63. The quantitative estimate of drug-likeness (QED) is 0.875. The highest BCUT2D eigenvalue weighted by Crippen LogP contribution is 2.29. The monoisotopic (exact) mass is 327 g/mol. The summed E-state index contributed by atoms with van der Waals surface area (Å²) < 4.78 is 10.3. The maximum Gasteiger partial charge on any atom is 0.375 e. The zero-order valence-electron chi connectivity index (χ0n) is 13.9. The fourth-order valence-electron chi connectivity index (χ4n) is 3.04. The smallest absolute Gasteiger partial charge is 0.375 e. The van der Waals surface area contributed by atoms with Crippen molar-refractivity contribution in [1.29, 1.82) is 0 Å². The number of hydrogen-bond acceptors (Lipinski definition) is 4. The van der Waals surface area contributed by atoms with E-state index in [9.17, 15) is 9.59 Å². The second kappa shape index (κ2) is 6.91. The van der Waals surface area contributed by atoms with Crippen LogP contribution in [0.4, 0.5) is 0 Å². The van der Waals surface area contributed by atoms with Crippen molar-refractivity contribution in [3.63, 3.8) is 0 Å². The number of aryl methyl sites for hydroxylation is 2. The van der Waals surface area contributed by atoms with Crippen LogP contribution in [0.5, 0.6) is 0 Å². The molecule has 0 bridgehead atoms. The number of fused-ring (bicyclic) bond motifs is 1. The summed E-state index contributed by atoms with van der Waals surface area (Å²) in [5.41, 5.74) is 3.11. The van der Waals surface area contributed by atoms with Crippen molar-refractivity contribution in [1.82, 2.24) is 5.32 Å². The largest absolute Gasteiger partial charge is 0.457 e. The van der Waals surface area contributed by atoms with Gasteiger partial charge in [-0.05, 0) is 50.3 Å². The van der Waals surface area contributed by atoms with E-state index in [0.717, 1.165) is 24.8 Å². The van der Waals surface area contributed by atoms with Gasteiger partial charge in [0.15, 0.2) is 6.10 Å². The molecule has 2 atom stereocenters. The standard InChI is InChI=1S/C19H21NO4/c1-12-10-11-23-17(12)19(22)24-13(2)18(21)20-16-9-5-7-14-6-3-4-8-15(14)16/h3-4,6,8,10-11,13,16H,5,7,9H2,1-2H3,(H,20,21). The lowest BCUT2D eigenvalue weighted by Gasteiger charge is -2.27. The van der Waals surface area contributed by atoms with Gasteiger partial charge in [0.2, 0.25) is 5.76 Å². The number of carbonyl (C=O) groups excluding carboxylic acids is 2. The third-order valence-electron chi connectivity index (χ3n) is 4.39. The Bertz CT molecular complexity index is 749. The molecule has 1 aromatic carbocycles. The Kier molecular flexibility index (Phi) is 4.69. The first-order valence-corrected chi connectivity index (χ1v) is 8.19. The Labute approximate surface area is 141 Å². The van der Waals surface area contributed by atoms with E-state index in [0.29, 0.717) is 5.56 Å². The van der Waals surface area contributed by atoms with Crippen LogP contribution in [0.3, 0.4) is 0 Å². The van der Waals surface area contributed by atoms with E-state index in [1.54, 1.807) is 19.9 Å². The first kappa shape index (κ1) is 16.3. The summed E-state index contributed by atoms with van der Waals surface area (Å²) >= 11 is 0. The summed E-state index contributed by atoms with van der Waals surface area (Å²) in [6, 6.07) is 9.78. The van der Waals surface area contributed by atoms with Gasteiger partial charge < -0.3 is 14.5 Å². The van der Waals surface area contributed by atoms with Crippen LogP contribution in [-0.4, -0.2) is 18.0 Å². The van der Waals surface area contributed by atoms with Gasteiger partial charge in [0.25, 0.3) is 5.91 Å². The topological polar surface area (TPSA) is 68.5 Å². The number of amides is 1. The van der Waals surface area contributed by atoms with Crippen LogP contribution < -0.4 is 5.32 Å². The number of benzene rings is 1. The summed E-state index contributed by atoms with van der Waals surface area (Å²) in [7, 11) is 0. The van der Waals surface area contributed by atoms with Crippen molar-refractivity contribution >= 4 is 11.9 Å². The Hall–Kier alpha value is -2.56. The predicted octanol–water partition coefficient (Wildman–Crippen LogP) is 3.33. The molecule has 1 aromatic heterocycles. The molecule has 0 fully saturated rings. The van der Waals surface area contributed by atoms with Crippen LogP contribution in [0.1, 0.15) is 53.1 Å². The molecule has 2 unspecified atom stereocenters. The molecule has 1 heterocycles. The molecule has 5 nitrogen and oxygen atoms in total. The number of furan rings is 1. The number of rotatable bonds is 4. The van der Waals surface area contributed by atoms with Crippen molar-refractivity contribution in [2.45, 2.75) is 45.3 Å². The second-order valence-corrected chi connectivity index (χ2v) is 6.13. The molecule has 24 heavy (non-hydrogen) atoms. The molecule has 1 amide bonds. The maximum atomic E-state index is 12.4. The van der Waals surface area contributed by atoms with Crippen LogP contribution in [0.2, 0.25) is 0 Å². The third kappa shape index (κ3) is 3.35. The Morgan fingerprint density at radius 2 is 2.08 bits per heavy atom. The highest BCUT2D eigenvalue weighted by Gasteiger charge is 2.26. The van der Waals surface area contributed by atoms with Crippen molar-refractivity contribution < 1.29 is 18.7 Å². The summed E-state index contributed by atoms with van der Waals surface area (Å²) in [4.78, 5) is 24.4. The first-order chi connectivity index (χ1) is 11.6. The summed E-state index contributed by atoms with van der Waals surface area (Å²) in [6.07, 6.45) is 3.50. The second-order valence-electron chi connectivity index (χ2n) is 6.13. The summed E-state index contributed by atoms with van der Waals surface area (Å²) in [5, 5.41) is 2.99. The van der Waals surface area contributed by atoms with Gasteiger partial charge in [-0.15, -0.1) is 0 Å². The van der Waals surface area contributed by atoms with Gasteiger partial charge in [-0.1, -0.05) is 24.3 Å². The molecule has 5 heteroatoms. The van der Waals surface area contributed by atoms with Gasteiger partial charge in [-0.25, -0.2) is 4.79 Å². The van der Waals surface area contributed by atoms with E-state index in [2.05, 4.69) is 11.4 Å². The normalized spacial score (nSPS) is 17.7. The number of hydrogen-bond donors (Lipinski definition) is 1. The van der Waals surface area contributed by atoms with E-state index >= 15 is 0 Å². The van der Waals surface area contributed by atoms with E-state index in [1.165, 1.54) is 11.8 Å². The lowest BCUT2D eigenvalue weighted by Crippen LogP contribution is -2.39. The van der Waals surface area contributed by atoms with Crippen LogP contribution in [0.25, 0.3) is 0 Å². The number of ether oxygens (including phenoxy) is 1. The summed E-state index contributed by atoms with van der Waals surface area (Å²) in [5.74, 6) is -0.781. The van der Waals surface area contributed by atoms with Gasteiger partial charge in [0.1, 0.15) is 0 Å². The van der Waals surface area contributed by atoms with E-state index < -0.39 is 12.1 Å². The lowest BCUT2D eigenvalue weighted by molar-refractivity contribution is -0.130. The minimum Gasteiger partial charge on any atom is -0.457 e. The zero-order valence-corrected chi connectivity index (χ0v) is 13.9. The highest BCUT2D eigenvalue weighted by molar-refractivity contribution is 5.91. The molecule has 2 aromatic rings. The molecule has 1 aliphatic carbocycles. The average molecular weight is 327 g/mol. The molecule has 0 aliphatic heterocycles. The number of carbonyl (C=O) groups is 2. The van der Waals surface area contributed by atoms with Crippen molar-refractivity contribution in [2.75, 3.05) is 0 Å². The molecular weight excluding hydrogens is 306 g/mol. The molecule has 1 aliphatic rings. The van der Waals surface area contributed by atoms with Gasteiger partial charge in [-0.3, -0.25) is 4.79 Å². The van der Waals surface area contributed by atoms with Crippen LogP contribution in [0, 0.1) is 6.92 Å². The minimum absolute atomic E-state index is 0.0334. The highest BCUT2D eigenvalue weighted by atomic mass is 16.6. The van der Waals surface area contributed by atoms with Crippen LogP contribution in [-0.2, 0) is 16.0 Å². The van der Waals surface area contributed by atoms with Crippen molar-refractivity contribution in [3.8, 4) is 0 Å². The van der Waals surface area contributed by atoms with E-state index in [-0.39, 0.29) is 17.7 Å². The molecular formula is C19H21NO4. The molecule has 0 radical (unpaired) electrons. The van der Waals surface area contributed by atoms with Gasteiger partial charge in [0.05, 0.1) is 12.3 Å². The Morgan fingerprint density at radius 3 is 2.83 bits per heavy atom.